The molecule has 0 heterocycles. The Morgan fingerprint density at radius 1 is 1.33 bits per heavy atom. The van der Waals surface area contributed by atoms with Crippen LogP contribution in [0, 0.1) is 12.3 Å². The van der Waals surface area contributed by atoms with Crippen LogP contribution in [0.5, 0.6) is 0 Å². The highest BCUT2D eigenvalue weighted by molar-refractivity contribution is 7.89. The second-order valence-electron chi connectivity index (χ2n) is 5.26. The van der Waals surface area contributed by atoms with E-state index >= 15 is 0 Å². The monoisotopic (exact) mass is 306 g/mol. The highest BCUT2D eigenvalue weighted by atomic mass is 32.2. The average Bonchev–Trinajstić information content (AvgIpc) is 3.29. The Hall–Kier alpha value is -1.35. The zero-order valence-electron chi connectivity index (χ0n) is 12.4. The number of nitrogens with zero attached hydrogens (tertiary/aromatic N) is 1. The smallest absolute Gasteiger partial charge is 0.243 e. The van der Waals surface area contributed by atoms with Crippen molar-refractivity contribution in [1.29, 1.82) is 0 Å². The van der Waals surface area contributed by atoms with Crippen LogP contribution in [0.2, 0.25) is 0 Å². The zero-order valence-corrected chi connectivity index (χ0v) is 13.2. The molecule has 5 heteroatoms. The van der Waals surface area contributed by atoms with Crippen molar-refractivity contribution in [2.24, 2.45) is 0 Å². The maximum Gasteiger partial charge on any atom is 0.243 e. The molecule has 1 aliphatic carbocycles. The van der Waals surface area contributed by atoms with Gasteiger partial charge in [-0.2, -0.15) is 4.31 Å². The van der Waals surface area contributed by atoms with Gasteiger partial charge in [0.1, 0.15) is 0 Å². The minimum Gasteiger partial charge on any atom is -0.314 e. The number of hydrogen-bond donors (Lipinski definition) is 1. The molecular formula is C16H22N2O2S. The molecule has 4 nitrogen and oxygen atoms in total. The summed E-state index contributed by atoms with van der Waals surface area (Å²) in [5, 5.41) is 3.45. The topological polar surface area (TPSA) is 49.4 Å². The SMILES string of the molecule is C#CCN(CC)S(=O)(=O)c1ccc(CCNC2CC2)cc1. The maximum absolute atomic E-state index is 12.4. The first kappa shape index (κ1) is 16.0. The fourth-order valence-electron chi connectivity index (χ4n) is 2.15. The lowest BCUT2D eigenvalue weighted by Gasteiger charge is -2.18. The van der Waals surface area contributed by atoms with Gasteiger partial charge in [0.2, 0.25) is 10.0 Å². The van der Waals surface area contributed by atoms with E-state index in [4.69, 9.17) is 6.42 Å². The van der Waals surface area contributed by atoms with Gasteiger partial charge in [0.05, 0.1) is 11.4 Å². The lowest BCUT2D eigenvalue weighted by molar-refractivity contribution is 0.464. The van der Waals surface area contributed by atoms with E-state index in [0.717, 1.165) is 18.5 Å². The molecular weight excluding hydrogens is 284 g/mol. The number of sulfonamides is 1. The molecule has 0 radical (unpaired) electrons. The summed E-state index contributed by atoms with van der Waals surface area (Å²) in [6.07, 6.45) is 8.69. The van der Waals surface area contributed by atoms with E-state index < -0.39 is 10.0 Å². The number of hydrogen-bond acceptors (Lipinski definition) is 3. The third kappa shape index (κ3) is 4.31. The van der Waals surface area contributed by atoms with Crippen molar-refractivity contribution in [3.8, 4) is 12.3 Å². The Balaban J connectivity index is 2.00. The van der Waals surface area contributed by atoms with Crippen LogP contribution in [0.25, 0.3) is 0 Å². The van der Waals surface area contributed by atoms with Gasteiger partial charge >= 0.3 is 0 Å². The first-order valence-electron chi connectivity index (χ1n) is 7.34. The fourth-order valence-corrected chi connectivity index (χ4v) is 3.52. The molecule has 21 heavy (non-hydrogen) atoms. The van der Waals surface area contributed by atoms with E-state index in [2.05, 4.69) is 11.2 Å². The van der Waals surface area contributed by atoms with Crippen LogP contribution in [0.1, 0.15) is 25.3 Å². The number of terminal acetylenes is 1. The Bertz CT molecular complexity index is 598. The van der Waals surface area contributed by atoms with E-state index in [0.29, 0.717) is 17.5 Å². The summed E-state index contributed by atoms with van der Waals surface area (Å²) < 4.78 is 26.1. The minimum atomic E-state index is -3.48. The molecule has 0 aliphatic heterocycles. The molecule has 1 saturated carbocycles. The summed E-state index contributed by atoms with van der Waals surface area (Å²) in [4.78, 5) is 0.304. The summed E-state index contributed by atoms with van der Waals surface area (Å²) in [6, 6.07) is 7.80. The van der Waals surface area contributed by atoms with Crippen molar-refractivity contribution >= 4 is 10.0 Å². The van der Waals surface area contributed by atoms with Gasteiger partial charge in [-0.3, -0.25) is 0 Å². The van der Waals surface area contributed by atoms with Crippen LogP contribution in [0.15, 0.2) is 29.2 Å². The van der Waals surface area contributed by atoms with Crippen LogP contribution in [-0.2, 0) is 16.4 Å². The molecule has 1 fully saturated rings. The van der Waals surface area contributed by atoms with Crippen LogP contribution in [0.4, 0.5) is 0 Å². The highest BCUT2D eigenvalue weighted by Crippen LogP contribution is 2.19. The van der Waals surface area contributed by atoms with Gasteiger partial charge in [-0.1, -0.05) is 25.0 Å². The summed E-state index contributed by atoms with van der Waals surface area (Å²) >= 11 is 0. The zero-order chi connectivity index (χ0) is 15.3. The molecule has 1 aliphatic rings. The van der Waals surface area contributed by atoms with Gasteiger partial charge in [0, 0.05) is 12.6 Å². The van der Waals surface area contributed by atoms with Gasteiger partial charge < -0.3 is 5.32 Å². The molecule has 114 valence electrons. The van der Waals surface area contributed by atoms with Crippen molar-refractivity contribution in [3.05, 3.63) is 29.8 Å². The molecule has 0 saturated heterocycles. The fraction of sp³-hybridized carbons (Fsp3) is 0.500. The Morgan fingerprint density at radius 2 is 2.00 bits per heavy atom. The molecule has 0 spiro atoms. The van der Waals surface area contributed by atoms with Crippen molar-refractivity contribution in [2.45, 2.75) is 37.1 Å². The lowest BCUT2D eigenvalue weighted by atomic mass is 10.1. The number of nitrogens with one attached hydrogen (secondary N) is 1. The third-order valence-corrected chi connectivity index (χ3v) is 5.54. The molecule has 0 unspecified atom stereocenters. The highest BCUT2D eigenvalue weighted by Gasteiger charge is 2.22. The summed E-state index contributed by atoms with van der Waals surface area (Å²) in [5.41, 5.74) is 1.14. The van der Waals surface area contributed by atoms with Gasteiger partial charge in [-0.25, -0.2) is 8.42 Å². The molecule has 1 N–H and O–H groups in total. The molecule has 0 bridgehead atoms. The van der Waals surface area contributed by atoms with Gasteiger partial charge in [-0.15, -0.1) is 6.42 Å². The van der Waals surface area contributed by atoms with Crippen LogP contribution in [-0.4, -0.2) is 38.4 Å². The summed E-state index contributed by atoms with van der Waals surface area (Å²) in [7, 11) is -3.48. The second-order valence-corrected chi connectivity index (χ2v) is 7.20. The molecule has 0 amide bonds. The van der Waals surface area contributed by atoms with Gasteiger partial charge in [0.15, 0.2) is 0 Å². The van der Waals surface area contributed by atoms with Gasteiger partial charge in [0.25, 0.3) is 0 Å². The molecule has 2 rings (SSSR count). The number of benzene rings is 1. The summed E-state index contributed by atoms with van der Waals surface area (Å²) in [6.45, 7) is 3.20. The van der Waals surface area contributed by atoms with Crippen molar-refractivity contribution < 1.29 is 8.42 Å². The Morgan fingerprint density at radius 3 is 2.52 bits per heavy atom. The predicted octanol–water partition coefficient (Wildman–Crippen LogP) is 1.62. The van der Waals surface area contributed by atoms with Crippen molar-refractivity contribution in [3.63, 3.8) is 0 Å². The van der Waals surface area contributed by atoms with E-state index in [1.165, 1.54) is 17.1 Å². The van der Waals surface area contributed by atoms with Gasteiger partial charge in [-0.05, 0) is 43.5 Å². The largest absolute Gasteiger partial charge is 0.314 e. The molecule has 0 atom stereocenters. The average molecular weight is 306 g/mol. The third-order valence-electron chi connectivity index (χ3n) is 3.61. The second kappa shape index (κ2) is 7.08. The molecule has 1 aromatic carbocycles. The summed E-state index contributed by atoms with van der Waals surface area (Å²) in [5.74, 6) is 2.39. The van der Waals surface area contributed by atoms with Crippen LogP contribution < -0.4 is 5.32 Å². The predicted molar refractivity (Wildman–Crippen MR) is 84.4 cm³/mol. The van der Waals surface area contributed by atoms with Crippen LogP contribution >= 0.6 is 0 Å². The van der Waals surface area contributed by atoms with E-state index in [1.807, 2.05) is 12.1 Å². The first-order chi connectivity index (χ1) is 10.1. The van der Waals surface area contributed by atoms with Crippen molar-refractivity contribution in [2.75, 3.05) is 19.6 Å². The Kier molecular flexibility index (Phi) is 5.40. The Labute approximate surface area is 127 Å². The minimum absolute atomic E-state index is 0.103. The van der Waals surface area contributed by atoms with Crippen molar-refractivity contribution in [1.82, 2.24) is 9.62 Å². The normalized spacial score (nSPS) is 15.1. The molecule has 1 aromatic rings. The van der Waals surface area contributed by atoms with Crippen LogP contribution in [0.3, 0.4) is 0 Å². The van der Waals surface area contributed by atoms with E-state index in [9.17, 15) is 8.42 Å². The van der Waals surface area contributed by atoms with E-state index in [1.54, 1.807) is 19.1 Å². The lowest BCUT2D eigenvalue weighted by Crippen LogP contribution is -2.31. The molecule has 0 aromatic heterocycles. The maximum atomic E-state index is 12.4. The first-order valence-corrected chi connectivity index (χ1v) is 8.78. The number of rotatable bonds is 8. The van der Waals surface area contributed by atoms with E-state index in [-0.39, 0.29) is 6.54 Å². The standard InChI is InChI=1S/C16H22N2O2S/c1-3-13-18(4-2)21(19,20)16-9-5-14(6-10-16)11-12-17-15-7-8-15/h1,5-6,9-10,15,17H,4,7-8,11-13H2,2H3. The quantitative estimate of drug-likeness (QED) is 0.743.